The molecule has 1 amide bonds. The molecule has 4 nitrogen and oxygen atoms in total. The highest BCUT2D eigenvalue weighted by Crippen LogP contribution is 2.25. The van der Waals surface area contributed by atoms with Gasteiger partial charge in [-0.1, -0.05) is 29.8 Å². The van der Waals surface area contributed by atoms with Crippen LogP contribution in [0.1, 0.15) is 18.4 Å². The van der Waals surface area contributed by atoms with Gasteiger partial charge in [0.1, 0.15) is 6.10 Å². The summed E-state index contributed by atoms with van der Waals surface area (Å²) in [5.74, 6) is 0.122. The van der Waals surface area contributed by atoms with E-state index >= 15 is 0 Å². The Morgan fingerprint density at radius 1 is 1.43 bits per heavy atom. The summed E-state index contributed by atoms with van der Waals surface area (Å²) in [5, 5.41) is 4.00. The Morgan fingerprint density at radius 2 is 2.29 bits per heavy atom. The van der Waals surface area contributed by atoms with E-state index in [1.165, 1.54) is 0 Å². The summed E-state index contributed by atoms with van der Waals surface area (Å²) in [6.45, 7) is 2.88. The molecular formula is C16H21ClN2O2. The smallest absolute Gasteiger partial charge is 0.253 e. The van der Waals surface area contributed by atoms with Crippen molar-refractivity contribution >= 4 is 17.5 Å². The van der Waals surface area contributed by atoms with Crippen LogP contribution in [0.4, 0.5) is 0 Å². The molecule has 1 aromatic rings. The van der Waals surface area contributed by atoms with Crippen LogP contribution in [0.25, 0.3) is 0 Å². The van der Waals surface area contributed by atoms with Crippen LogP contribution in [0.3, 0.4) is 0 Å². The lowest BCUT2D eigenvalue weighted by atomic mass is 10.0. The van der Waals surface area contributed by atoms with Gasteiger partial charge in [-0.2, -0.15) is 0 Å². The van der Waals surface area contributed by atoms with Crippen molar-refractivity contribution in [3.63, 3.8) is 0 Å². The van der Waals surface area contributed by atoms with Crippen molar-refractivity contribution in [3.05, 3.63) is 34.9 Å². The van der Waals surface area contributed by atoms with Gasteiger partial charge in [-0.15, -0.1) is 0 Å². The molecule has 0 aliphatic carbocycles. The van der Waals surface area contributed by atoms with Crippen molar-refractivity contribution in [2.45, 2.75) is 31.4 Å². The Hall–Kier alpha value is -1.10. The largest absolute Gasteiger partial charge is 0.366 e. The zero-order valence-electron chi connectivity index (χ0n) is 12.1. The molecule has 5 heteroatoms. The van der Waals surface area contributed by atoms with Crippen LogP contribution in [-0.4, -0.2) is 49.2 Å². The standard InChI is InChI=1S/C16H21ClN2O2/c17-14-6-2-1-4-12(14)10-13-5-3-8-19(13)16(20)15-11-18-7-9-21-15/h1-2,4,6,13,15,18H,3,5,7-11H2. The number of halogens is 1. The van der Waals surface area contributed by atoms with Gasteiger partial charge in [0.25, 0.3) is 5.91 Å². The van der Waals surface area contributed by atoms with E-state index in [-0.39, 0.29) is 18.1 Å². The predicted octanol–water partition coefficient (Wildman–Crippen LogP) is 1.86. The summed E-state index contributed by atoms with van der Waals surface area (Å²) in [5.41, 5.74) is 1.12. The van der Waals surface area contributed by atoms with Crippen molar-refractivity contribution in [1.82, 2.24) is 10.2 Å². The zero-order valence-corrected chi connectivity index (χ0v) is 12.8. The van der Waals surface area contributed by atoms with Gasteiger partial charge in [0, 0.05) is 30.7 Å². The average Bonchev–Trinajstić information content (AvgIpc) is 2.98. The Balaban J connectivity index is 1.67. The number of hydrogen-bond donors (Lipinski definition) is 1. The second kappa shape index (κ2) is 6.77. The van der Waals surface area contributed by atoms with Crippen LogP contribution in [0, 0.1) is 0 Å². The van der Waals surface area contributed by atoms with Crippen molar-refractivity contribution in [2.24, 2.45) is 0 Å². The minimum atomic E-state index is -0.328. The van der Waals surface area contributed by atoms with Gasteiger partial charge in [0.15, 0.2) is 0 Å². The van der Waals surface area contributed by atoms with Crippen molar-refractivity contribution in [2.75, 3.05) is 26.2 Å². The molecule has 2 aliphatic rings. The first kappa shape index (κ1) is 14.8. The third-order valence-electron chi connectivity index (χ3n) is 4.28. The van der Waals surface area contributed by atoms with E-state index < -0.39 is 0 Å². The fourth-order valence-electron chi connectivity index (χ4n) is 3.16. The van der Waals surface area contributed by atoms with Gasteiger partial charge < -0.3 is 15.0 Å². The fourth-order valence-corrected chi connectivity index (χ4v) is 3.38. The second-order valence-corrected chi connectivity index (χ2v) is 6.09. The number of likely N-dealkylation sites (tertiary alicyclic amines) is 1. The van der Waals surface area contributed by atoms with E-state index in [0.29, 0.717) is 13.2 Å². The van der Waals surface area contributed by atoms with Crippen LogP contribution < -0.4 is 5.32 Å². The Bertz CT molecular complexity index is 503. The van der Waals surface area contributed by atoms with Crippen LogP contribution >= 0.6 is 11.6 Å². The average molecular weight is 309 g/mol. The number of carbonyl (C=O) groups is 1. The molecule has 2 unspecified atom stereocenters. The number of rotatable bonds is 3. The van der Waals surface area contributed by atoms with Crippen LogP contribution in [0.15, 0.2) is 24.3 Å². The van der Waals surface area contributed by atoms with Crippen molar-refractivity contribution < 1.29 is 9.53 Å². The lowest BCUT2D eigenvalue weighted by Crippen LogP contribution is -2.51. The van der Waals surface area contributed by atoms with Crippen molar-refractivity contribution in [1.29, 1.82) is 0 Å². The fraction of sp³-hybridized carbons (Fsp3) is 0.562. The van der Waals surface area contributed by atoms with E-state index in [4.69, 9.17) is 16.3 Å². The van der Waals surface area contributed by atoms with Gasteiger partial charge in [-0.3, -0.25) is 4.79 Å². The number of carbonyl (C=O) groups excluding carboxylic acids is 1. The van der Waals surface area contributed by atoms with Crippen LogP contribution in [0.5, 0.6) is 0 Å². The molecule has 0 spiro atoms. The highest BCUT2D eigenvalue weighted by molar-refractivity contribution is 6.31. The number of nitrogens with one attached hydrogen (secondary N) is 1. The van der Waals surface area contributed by atoms with Gasteiger partial charge in [-0.05, 0) is 30.9 Å². The molecule has 0 aromatic heterocycles. The number of morpholine rings is 1. The summed E-state index contributed by atoms with van der Waals surface area (Å²) in [4.78, 5) is 14.6. The number of benzene rings is 1. The summed E-state index contributed by atoms with van der Waals surface area (Å²) < 4.78 is 5.59. The molecule has 2 aliphatic heterocycles. The van der Waals surface area contributed by atoms with Gasteiger partial charge in [-0.25, -0.2) is 0 Å². The lowest BCUT2D eigenvalue weighted by molar-refractivity contribution is -0.146. The topological polar surface area (TPSA) is 41.6 Å². The first-order valence-electron chi connectivity index (χ1n) is 7.62. The lowest BCUT2D eigenvalue weighted by Gasteiger charge is -2.31. The van der Waals surface area contributed by atoms with Crippen LogP contribution in [-0.2, 0) is 16.0 Å². The number of nitrogens with zero attached hydrogens (tertiary/aromatic N) is 1. The minimum Gasteiger partial charge on any atom is -0.366 e. The summed E-state index contributed by atoms with van der Waals surface area (Å²) in [7, 11) is 0. The first-order valence-corrected chi connectivity index (χ1v) is 7.99. The van der Waals surface area contributed by atoms with Gasteiger partial charge in [0.2, 0.25) is 0 Å². The maximum atomic E-state index is 12.6. The molecule has 2 saturated heterocycles. The molecular weight excluding hydrogens is 288 g/mol. The monoisotopic (exact) mass is 308 g/mol. The second-order valence-electron chi connectivity index (χ2n) is 5.69. The van der Waals surface area contributed by atoms with Crippen molar-refractivity contribution in [3.8, 4) is 0 Å². The molecule has 2 fully saturated rings. The predicted molar refractivity (Wildman–Crippen MR) is 82.5 cm³/mol. The number of amides is 1. The summed E-state index contributed by atoms with van der Waals surface area (Å²) in [6, 6.07) is 8.12. The van der Waals surface area contributed by atoms with E-state index in [1.807, 2.05) is 29.2 Å². The highest BCUT2D eigenvalue weighted by Gasteiger charge is 2.34. The normalized spacial score (nSPS) is 26.0. The molecule has 114 valence electrons. The highest BCUT2D eigenvalue weighted by atomic mass is 35.5. The number of ether oxygens (including phenoxy) is 1. The molecule has 0 bridgehead atoms. The van der Waals surface area contributed by atoms with Gasteiger partial charge >= 0.3 is 0 Å². The third kappa shape index (κ3) is 3.39. The molecule has 2 atom stereocenters. The van der Waals surface area contributed by atoms with E-state index in [2.05, 4.69) is 5.32 Å². The SMILES string of the molecule is O=C(C1CNCCO1)N1CCCC1Cc1ccccc1Cl. The maximum absolute atomic E-state index is 12.6. The molecule has 0 radical (unpaired) electrons. The first-order chi connectivity index (χ1) is 10.3. The minimum absolute atomic E-state index is 0.122. The summed E-state index contributed by atoms with van der Waals surface area (Å²) >= 11 is 6.24. The third-order valence-corrected chi connectivity index (χ3v) is 4.65. The number of hydrogen-bond acceptors (Lipinski definition) is 3. The van der Waals surface area contributed by atoms with E-state index in [9.17, 15) is 4.79 Å². The van der Waals surface area contributed by atoms with Gasteiger partial charge in [0.05, 0.1) is 6.61 Å². The van der Waals surface area contributed by atoms with Crippen LogP contribution in [0.2, 0.25) is 5.02 Å². The molecule has 0 saturated carbocycles. The zero-order chi connectivity index (χ0) is 14.7. The summed E-state index contributed by atoms with van der Waals surface area (Å²) in [6.07, 6.45) is 2.59. The Kier molecular flexibility index (Phi) is 4.78. The maximum Gasteiger partial charge on any atom is 0.253 e. The van der Waals surface area contributed by atoms with E-state index in [1.54, 1.807) is 0 Å². The molecule has 3 rings (SSSR count). The molecule has 21 heavy (non-hydrogen) atoms. The van der Waals surface area contributed by atoms with E-state index in [0.717, 1.165) is 42.9 Å². The molecule has 1 N–H and O–H groups in total. The quantitative estimate of drug-likeness (QED) is 0.927. The Morgan fingerprint density at radius 3 is 3.05 bits per heavy atom. The molecule has 2 heterocycles. The molecule has 1 aromatic carbocycles. The Labute approximate surface area is 130 Å².